The van der Waals surface area contributed by atoms with Gasteiger partial charge in [-0.25, -0.2) is 8.78 Å². The van der Waals surface area contributed by atoms with Crippen molar-refractivity contribution in [2.45, 2.75) is 19.3 Å². The molecule has 0 saturated carbocycles. The predicted molar refractivity (Wildman–Crippen MR) is 69.1 cm³/mol. The number of hydrogen-bond acceptors (Lipinski definition) is 2. The van der Waals surface area contributed by atoms with Crippen molar-refractivity contribution < 1.29 is 18.4 Å². The molecule has 2 amide bonds. The van der Waals surface area contributed by atoms with Crippen molar-refractivity contribution in [3.05, 3.63) is 35.4 Å². The lowest BCUT2D eigenvalue weighted by molar-refractivity contribution is -0.127. The van der Waals surface area contributed by atoms with E-state index in [0.717, 1.165) is 25.1 Å². The summed E-state index contributed by atoms with van der Waals surface area (Å²) in [7, 11) is 0. The maximum Gasteiger partial charge on any atom is 0.254 e. The number of nitrogens with zero attached hydrogens (tertiary/aromatic N) is 1. The van der Waals surface area contributed by atoms with Crippen LogP contribution in [0.5, 0.6) is 0 Å². The van der Waals surface area contributed by atoms with Gasteiger partial charge in [0.15, 0.2) is 0 Å². The van der Waals surface area contributed by atoms with Gasteiger partial charge in [-0.3, -0.25) is 9.59 Å². The highest BCUT2D eigenvalue weighted by atomic mass is 19.1. The molecule has 1 aliphatic rings. The van der Waals surface area contributed by atoms with Gasteiger partial charge in [0, 0.05) is 32.1 Å². The second kappa shape index (κ2) is 6.45. The quantitative estimate of drug-likeness (QED) is 0.836. The molecule has 0 unspecified atom stereocenters. The number of halogens is 2. The van der Waals surface area contributed by atoms with E-state index in [1.54, 1.807) is 4.90 Å². The van der Waals surface area contributed by atoms with Crippen LogP contribution in [0.3, 0.4) is 0 Å². The summed E-state index contributed by atoms with van der Waals surface area (Å²) < 4.78 is 26.1. The summed E-state index contributed by atoms with van der Waals surface area (Å²) in [5, 5.41) is 2.56. The summed E-state index contributed by atoms with van der Waals surface area (Å²) >= 11 is 0. The summed E-state index contributed by atoms with van der Waals surface area (Å²) in [6.07, 6.45) is 2.08. The van der Waals surface area contributed by atoms with Gasteiger partial charge in [-0.2, -0.15) is 0 Å². The second-order valence-electron chi connectivity index (χ2n) is 4.72. The van der Waals surface area contributed by atoms with Crippen LogP contribution < -0.4 is 5.32 Å². The topological polar surface area (TPSA) is 49.4 Å². The third kappa shape index (κ3) is 3.53. The molecule has 4 nitrogen and oxygen atoms in total. The number of nitrogens with one attached hydrogen (secondary N) is 1. The van der Waals surface area contributed by atoms with Crippen molar-refractivity contribution in [2.24, 2.45) is 0 Å². The molecule has 108 valence electrons. The first-order chi connectivity index (χ1) is 9.58. The molecule has 0 aliphatic carbocycles. The number of amides is 2. The maximum atomic E-state index is 13.4. The highest BCUT2D eigenvalue weighted by molar-refractivity contribution is 5.94. The van der Waals surface area contributed by atoms with Crippen LogP contribution in [0, 0.1) is 11.6 Å². The van der Waals surface area contributed by atoms with E-state index < -0.39 is 17.5 Å². The van der Waals surface area contributed by atoms with Crippen molar-refractivity contribution in [2.75, 3.05) is 19.6 Å². The van der Waals surface area contributed by atoms with Crippen LogP contribution in [0.1, 0.15) is 29.6 Å². The van der Waals surface area contributed by atoms with Crippen LogP contribution in [0.15, 0.2) is 18.2 Å². The molecule has 0 atom stereocenters. The SMILES string of the molecule is O=C(NCCCN1CCCC1=O)c1ccc(F)cc1F. The number of likely N-dealkylation sites (tertiary alicyclic amines) is 1. The van der Waals surface area contributed by atoms with E-state index in [4.69, 9.17) is 0 Å². The van der Waals surface area contributed by atoms with Crippen LogP contribution in [-0.4, -0.2) is 36.3 Å². The minimum Gasteiger partial charge on any atom is -0.352 e. The fourth-order valence-corrected chi connectivity index (χ4v) is 2.18. The first kappa shape index (κ1) is 14.4. The summed E-state index contributed by atoms with van der Waals surface area (Å²) in [6.45, 7) is 1.70. The third-order valence-corrected chi connectivity index (χ3v) is 3.24. The summed E-state index contributed by atoms with van der Waals surface area (Å²) in [4.78, 5) is 24.8. The molecule has 0 bridgehead atoms. The molecular formula is C14H16F2N2O2. The fraction of sp³-hybridized carbons (Fsp3) is 0.429. The standard InChI is InChI=1S/C14H16F2N2O2/c15-10-4-5-11(12(16)9-10)14(20)17-6-2-8-18-7-1-3-13(18)19/h4-5,9H,1-3,6-8H2,(H,17,20). The molecule has 1 heterocycles. The Morgan fingerprint density at radius 1 is 1.35 bits per heavy atom. The number of hydrogen-bond donors (Lipinski definition) is 1. The largest absolute Gasteiger partial charge is 0.352 e. The zero-order valence-corrected chi connectivity index (χ0v) is 11.0. The van der Waals surface area contributed by atoms with E-state index in [1.165, 1.54) is 0 Å². The van der Waals surface area contributed by atoms with Crippen molar-refractivity contribution in [1.82, 2.24) is 10.2 Å². The molecule has 0 aromatic heterocycles. The Hall–Kier alpha value is -1.98. The van der Waals surface area contributed by atoms with Crippen molar-refractivity contribution in [3.8, 4) is 0 Å². The summed E-state index contributed by atoms with van der Waals surface area (Å²) in [5.74, 6) is -2.03. The molecule has 2 rings (SSSR count). The van der Waals surface area contributed by atoms with Gasteiger partial charge in [0.1, 0.15) is 11.6 Å². The van der Waals surface area contributed by atoms with Crippen LogP contribution >= 0.6 is 0 Å². The van der Waals surface area contributed by atoms with Crippen molar-refractivity contribution in [1.29, 1.82) is 0 Å². The average molecular weight is 282 g/mol. The molecule has 0 radical (unpaired) electrons. The van der Waals surface area contributed by atoms with E-state index in [2.05, 4.69) is 5.32 Å². The summed E-state index contributed by atoms with van der Waals surface area (Å²) in [6, 6.07) is 2.84. The Kier molecular flexibility index (Phi) is 4.65. The maximum absolute atomic E-state index is 13.4. The molecule has 1 N–H and O–H groups in total. The zero-order valence-electron chi connectivity index (χ0n) is 11.0. The number of carbonyl (C=O) groups excluding carboxylic acids is 2. The minimum absolute atomic E-state index is 0.140. The van der Waals surface area contributed by atoms with Gasteiger partial charge in [-0.15, -0.1) is 0 Å². The lowest BCUT2D eigenvalue weighted by Gasteiger charge is -2.15. The highest BCUT2D eigenvalue weighted by Crippen LogP contribution is 2.10. The van der Waals surface area contributed by atoms with E-state index in [-0.39, 0.29) is 11.5 Å². The minimum atomic E-state index is -0.878. The lowest BCUT2D eigenvalue weighted by atomic mass is 10.2. The van der Waals surface area contributed by atoms with Crippen LogP contribution in [0.4, 0.5) is 8.78 Å². The van der Waals surface area contributed by atoms with E-state index in [1.807, 2.05) is 0 Å². The molecule has 20 heavy (non-hydrogen) atoms. The molecular weight excluding hydrogens is 266 g/mol. The molecule has 1 aliphatic heterocycles. The first-order valence-corrected chi connectivity index (χ1v) is 6.59. The highest BCUT2D eigenvalue weighted by Gasteiger charge is 2.19. The number of carbonyl (C=O) groups is 2. The van der Waals surface area contributed by atoms with Gasteiger partial charge in [0.25, 0.3) is 5.91 Å². The predicted octanol–water partition coefficient (Wildman–Crippen LogP) is 1.71. The van der Waals surface area contributed by atoms with Crippen LogP contribution in [-0.2, 0) is 4.79 Å². The Morgan fingerprint density at radius 2 is 2.15 bits per heavy atom. The Labute approximate surface area is 115 Å². The van der Waals surface area contributed by atoms with Gasteiger partial charge in [0.05, 0.1) is 5.56 Å². The van der Waals surface area contributed by atoms with Gasteiger partial charge < -0.3 is 10.2 Å². The van der Waals surface area contributed by atoms with Crippen LogP contribution in [0.25, 0.3) is 0 Å². The van der Waals surface area contributed by atoms with E-state index >= 15 is 0 Å². The monoisotopic (exact) mass is 282 g/mol. The fourth-order valence-electron chi connectivity index (χ4n) is 2.18. The van der Waals surface area contributed by atoms with E-state index in [0.29, 0.717) is 32.0 Å². The second-order valence-corrected chi connectivity index (χ2v) is 4.72. The third-order valence-electron chi connectivity index (χ3n) is 3.24. The normalized spacial score (nSPS) is 14.7. The van der Waals surface area contributed by atoms with Gasteiger partial charge >= 0.3 is 0 Å². The van der Waals surface area contributed by atoms with Crippen molar-refractivity contribution >= 4 is 11.8 Å². The molecule has 1 fully saturated rings. The number of benzene rings is 1. The average Bonchev–Trinajstić information content (AvgIpc) is 2.80. The molecule has 6 heteroatoms. The lowest BCUT2D eigenvalue weighted by Crippen LogP contribution is -2.31. The van der Waals surface area contributed by atoms with Crippen molar-refractivity contribution in [3.63, 3.8) is 0 Å². The van der Waals surface area contributed by atoms with Gasteiger partial charge in [-0.1, -0.05) is 0 Å². The summed E-state index contributed by atoms with van der Waals surface area (Å²) in [5.41, 5.74) is -0.177. The molecule has 1 aromatic carbocycles. The Bertz CT molecular complexity index is 520. The smallest absolute Gasteiger partial charge is 0.254 e. The van der Waals surface area contributed by atoms with Gasteiger partial charge in [0.2, 0.25) is 5.91 Å². The zero-order chi connectivity index (χ0) is 14.5. The van der Waals surface area contributed by atoms with Gasteiger partial charge in [-0.05, 0) is 25.0 Å². The van der Waals surface area contributed by atoms with Crippen LogP contribution in [0.2, 0.25) is 0 Å². The Morgan fingerprint density at radius 3 is 2.80 bits per heavy atom. The molecule has 0 spiro atoms. The molecule has 1 saturated heterocycles. The number of rotatable bonds is 5. The Balaban J connectivity index is 1.76. The molecule has 1 aromatic rings. The van der Waals surface area contributed by atoms with E-state index in [9.17, 15) is 18.4 Å². The first-order valence-electron chi connectivity index (χ1n) is 6.59.